The molecule has 1 nitrogen and oxygen atoms in total. The summed E-state index contributed by atoms with van der Waals surface area (Å²) >= 11 is 0. The van der Waals surface area contributed by atoms with E-state index in [0.29, 0.717) is 0 Å². The third kappa shape index (κ3) is 1.74. The number of fused-ring (bicyclic) bond motifs is 1. The average Bonchev–Trinajstić information content (AvgIpc) is 2.51. The zero-order valence-corrected chi connectivity index (χ0v) is 8.51. The van der Waals surface area contributed by atoms with E-state index in [2.05, 4.69) is 24.9 Å². The fourth-order valence-electron chi connectivity index (χ4n) is 2.17. The van der Waals surface area contributed by atoms with Crippen molar-refractivity contribution in [1.29, 1.82) is 0 Å². The Balaban J connectivity index is 2.30. The minimum atomic E-state index is 0.757. The molecular weight excluding hydrogens is 158 g/mol. The molecule has 0 fully saturated rings. The fourth-order valence-corrected chi connectivity index (χ4v) is 2.17. The van der Waals surface area contributed by atoms with Gasteiger partial charge in [-0.2, -0.15) is 0 Å². The minimum absolute atomic E-state index is 0.757. The molecule has 0 aliphatic heterocycles. The first-order valence-corrected chi connectivity index (χ1v) is 5.23. The second-order valence-electron chi connectivity index (χ2n) is 4.35. The van der Waals surface area contributed by atoms with Crippen LogP contribution in [0.5, 0.6) is 0 Å². The zero-order chi connectivity index (χ0) is 9.26. The lowest BCUT2D eigenvalue weighted by Gasteiger charge is -2.09. The van der Waals surface area contributed by atoms with Crippen LogP contribution in [0.3, 0.4) is 0 Å². The molecule has 0 N–H and O–H groups in total. The zero-order valence-electron chi connectivity index (χ0n) is 8.51. The van der Waals surface area contributed by atoms with Crippen LogP contribution in [0.15, 0.2) is 12.3 Å². The van der Waals surface area contributed by atoms with Crippen molar-refractivity contribution in [1.82, 2.24) is 4.98 Å². The highest BCUT2D eigenvalue weighted by molar-refractivity contribution is 5.33. The van der Waals surface area contributed by atoms with E-state index in [1.165, 1.54) is 36.9 Å². The predicted molar refractivity (Wildman–Crippen MR) is 54.8 cm³/mol. The van der Waals surface area contributed by atoms with Gasteiger partial charge in [0.05, 0.1) is 0 Å². The number of rotatable bonds is 2. The van der Waals surface area contributed by atoms with Crippen molar-refractivity contribution in [2.24, 2.45) is 5.92 Å². The van der Waals surface area contributed by atoms with Crippen LogP contribution < -0.4 is 0 Å². The van der Waals surface area contributed by atoms with E-state index in [0.717, 1.165) is 5.92 Å². The van der Waals surface area contributed by atoms with Gasteiger partial charge in [0.15, 0.2) is 0 Å². The summed E-state index contributed by atoms with van der Waals surface area (Å²) in [5.74, 6) is 0.757. The smallest absolute Gasteiger partial charge is 0.0438 e. The molecule has 0 saturated heterocycles. The van der Waals surface area contributed by atoms with Crippen LogP contribution in [0.2, 0.25) is 0 Å². The SMILES string of the molecule is CC(C)Cc1ccnc2c1CCC2. The van der Waals surface area contributed by atoms with Gasteiger partial charge in [0.25, 0.3) is 0 Å². The number of nitrogens with zero attached hydrogens (tertiary/aromatic N) is 1. The quantitative estimate of drug-likeness (QED) is 0.673. The van der Waals surface area contributed by atoms with Crippen LogP contribution in [0, 0.1) is 5.92 Å². The van der Waals surface area contributed by atoms with Gasteiger partial charge in [0.1, 0.15) is 0 Å². The van der Waals surface area contributed by atoms with Gasteiger partial charge in [-0.15, -0.1) is 0 Å². The van der Waals surface area contributed by atoms with Crippen LogP contribution in [0.25, 0.3) is 0 Å². The molecule has 0 bridgehead atoms. The number of pyridine rings is 1. The summed E-state index contributed by atoms with van der Waals surface area (Å²) in [6.45, 7) is 4.56. The van der Waals surface area contributed by atoms with Gasteiger partial charge in [0.2, 0.25) is 0 Å². The standard InChI is InChI=1S/C12H17N/c1-9(2)8-10-6-7-13-12-5-3-4-11(10)12/h6-7,9H,3-5,8H2,1-2H3. The van der Waals surface area contributed by atoms with Gasteiger partial charge in [-0.3, -0.25) is 4.98 Å². The van der Waals surface area contributed by atoms with Gasteiger partial charge < -0.3 is 0 Å². The Hall–Kier alpha value is -0.850. The van der Waals surface area contributed by atoms with Crippen LogP contribution in [0.1, 0.15) is 37.1 Å². The number of hydrogen-bond acceptors (Lipinski definition) is 1. The van der Waals surface area contributed by atoms with Crippen molar-refractivity contribution in [3.63, 3.8) is 0 Å². The molecule has 1 aromatic rings. The Morgan fingerprint density at radius 2 is 2.23 bits per heavy atom. The van der Waals surface area contributed by atoms with Gasteiger partial charge in [-0.25, -0.2) is 0 Å². The highest BCUT2D eigenvalue weighted by Gasteiger charge is 2.15. The van der Waals surface area contributed by atoms with Crippen LogP contribution in [0.4, 0.5) is 0 Å². The maximum absolute atomic E-state index is 4.43. The topological polar surface area (TPSA) is 12.9 Å². The molecule has 0 atom stereocenters. The second-order valence-corrected chi connectivity index (χ2v) is 4.35. The van der Waals surface area contributed by atoms with Crippen molar-refractivity contribution >= 4 is 0 Å². The highest BCUT2D eigenvalue weighted by atomic mass is 14.7. The predicted octanol–water partition coefficient (Wildman–Crippen LogP) is 2.77. The Labute approximate surface area is 80.2 Å². The second kappa shape index (κ2) is 3.49. The first-order valence-electron chi connectivity index (χ1n) is 5.23. The van der Waals surface area contributed by atoms with Crippen molar-refractivity contribution in [2.75, 3.05) is 0 Å². The number of hydrogen-bond donors (Lipinski definition) is 0. The van der Waals surface area contributed by atoms with E-state index < -0.39 is 0 Å². The van der Waals surface area contributed by atoms with Crippen molar-refractivity contribution < 1.29 is 0 Å². The van der Waals surface area contributed by atoms with E-state index in [1.807, 2.05) is 6.20 Å². The normalized spacial score (nSPS) is 15.0. The molecule has 1 aliphatic rings. The summed E-state index contributed by atoms with van der Waals surface area (Å²) in [4.78, 5) is 4.43. The third-order valence-electron chi connectivity index (χ3n) is 2.71. The molecule has 1 heterocycles. The van der Waals surface area contributed by atoms with Gasteiger partial charge in [-0.1, -0.05) is 13.8 Å². The lowest BCUT2D eigenvalue weighted by atomic mass is 9.98. The van der Waals surface area contributed by atoms with Crippen molar-refractivity contribution in [3.8, 4) is 0 Å². The summed E-state index contributed by atoms with van der Waals surface area (Å²) in [6, 6.07) is 2.20. The van der Waals surface area contributed by atoms with Crippen molar-refractivity contribution in [3.05, 3.63) is 29.1 Å². The number of aryl methyl sites for hydroxylation is 1. The average molecular weight is 175 g/mol. The number of aromatic nitrogens is 1. The van der Waals surface area contributed by atoms with E-state index in [9.17, 15) is 0 Å². The molecule has 0 radical (unpaired) electrons. The summed E-state index contributed by atoms with van der Waals surface area (Å²) < 4.78 is 0. The minimum Gasteiger partial charge on any atom is -0.261 e. The summed E-state index contributed by atoms with van der Waals surface area (Å²) in [6.07, 6.45) is 6.94. The largest absolute Gasteiger partial charge is 0.261 e. The van der Waals surface area contributed by atoms with E-state index in [1.54, 1.807) is 5.56 Å². The molecule has 1 aromatic heterocycles. The molecule has 0 amide bonds. The first kappa shape index (κ1) is 8.74. The van der Waals surface area contributed by atoms with Crippen molar-refractivity contribution in [2.45, 2.75) is 39.5 Å². The highest BCUT2D eigenvalue weighted by Crippen LogP contribution is 2.24. The molecule has 0 unspecified atom stereocenters. The molecule has 1 aliphatic carbocycles. The van der Waals surface area contributed by atoms with Crippen LogP contribution in [-0.4, -0.2) is 4.98 Å². The van der Waals surface area contributed by atoms with Crippen LogP contribution >= 0.6 is 0 Å². The molecular formula is C12H17N. The molecule has 2 rings (SSSR count). The Bertz CT molecular complexity index is 302. The van der Waals surface area contributed by atoms with Crippen LogP contribution in [-0.2, 0) is 19.3 Å². The Morgan fingerprint density at radius 1 is 1.38 bits per heavy atom. The third-order valence-corrected chi connectivity index (χ3v) is 2.71. The lowest BCUT2D eigenvalue weighted by molar-refractivity contribution is 0.642. The summed E-state index contributed by atoms with van der Waals surface area (Å²) in [5, 5.41) is 0. The Kier molecular flexibility index (Phi) is 2.34. The molecule has 70 valence electrons. The molecule has 1 heteroatoms. The maximum atomic E-state index is 4.43. The molecule has 0 saturated carbocycles. The van der Waals surface area contributed by atoms with E-state index in [4.69, 9.17) is 0 Å². The molecule has 0 spiro atoms. The summed E-state index contributed by atoms with van der Waals surface area (Å²) in [7, 11) is 0. The van der Waals surface area contributed by atoms with Gasteiger partial charge in [0, 0.05) is 11.9 Å². The first-order chi connectivity index (χ1) is 6.27. The van der Waals surface area contributed by atoms with E-state index in [-0.39, 0.29) is 0 Å². The Morgan fingerprint density at radius 3 is 3.00 bits per heavy atom. The monoisotopic (exact) mass is 175 g/mol. The lowest BCUT2D eigenvalue weighted by Crippen LogP contribution is -2.00. The maximum Gasteiger partial charge on any atom is 0.0438 e. The summed E-state index contributed by atoms with van der Waals surface area (Å²) in [5.41, 5.74) is 4.45. The van der Waals surface area contributed by atoms with E-state index >= 15 is 0 Å². The van der Waals surface area contributed by atoms with Gasteiger partial charge >= 0.3 is 0 Å². The fraction of sp³-hybridized carbons (Fsp3) is 0.583. The molecule has 13 heavy (non-hydrogen) atoms. The molecule has 0 aromatic carbocycles. The van der Waals surface area contributed by atoms with Gasteiger partial charge in [-0.05, 0) is 48.8 Å².